The zero-order valence-electron chi connectivity index (χ0n) is 10.1. The van der Waals surface area contributed by atoms with Crippen molar-refractivity contribution in [1.82, 2.24) is 15.0 Å². The fraction of sp³-hybridized carbons (Fsp3) is 0.308. The summed E-state index contributed by atoms with van der Waals surface area (Å²) in [5.41, 5.74) is 2.31. The fourth-order valence-electron chi connectivity index (χ4n) is 2.42. The predicted molar refractivity (Wildman–Crippen MR) is 67.8 cm³/mol. The second kappa shape index (κ2) is 4.38. The number of hydrogen-bond acceptors (Lipinski definition) is 3. The van der Waals surface area contributed by atoms with E-state index in [4.69, 9.17) is 5.11 Å². The number of aromatic nitrogens is 3. The number of aromatic amines is 2. The van der Waals surface area contributed by atoms with Gasteiger partial charge < -0.3 is 15.1 Å². The Morgan fingerprint density at radius 3 is 3.05 bits per heavy atom. The number of fused-ring (bicyclic) bond motifs is 1. The van der Waals surface area contributed by atoms with Crippen LogP contribution in [0.5, 0.6) is 0 Å². The van der Waals surface area contributed by atoms with Gasteiger partial charge in [-0.05, 0) is 18.9 Å². The molecule has 1 aliphatic rings. The molecule has 0 saturated carbocycles. The van der Waals surface area contributed by atoms with Gasteiger partial charge in [-0.1, -0.05) is 0 Å². The molecule has 3 rings (SSSR count). The normalized spacial score (nSPS) is 18.0. The fourth-order valence-corrected chi connectivity index (χ4v) is 2.42. The van der Waals surface area contributed by atoms with Crippen LogP contribution in [0.3, 0.4) is 0 Å². The number of aliphatic carboxylic acids is 1. The SMILES string of the molecule is O=C(O)C1CCc2nc(-c3cc[nH]c(=O)c3)[nH]c2C1. The second-order valence-electron chi connectivity index (χ2n) is 4.73. The van der Waals surface area contributed by atoms with Gasteiger partial charge >= 0.3 is 5.97 Å². The Morgan fingerprint density at radius 2 is 2.32 bits per heavy atom. The van der Waals surface area contributed by atoms with Gasteiger partial charge in [0, 0.05) is 29.9 Å². The standard InChI is InChI=1S/C13H13N3O3/c17-11-6-7(3-4-14-11)12-15-9-2-1-8(13(18)19)5-10(9)16-12/h3-4,6,8H,1-2,5H2,(H,14,17)(H,15,16)(H,18,19). The molecule has 0 aromatic carbocycles. The van der Waals surface area contributed by atoms with Crippen molar-refractivity contribution in [1.29, 1.82) is 0 Å². The van der Waals surface area contributed by atoms with Crippen molar-refractivity contribution in [2.45, 2.75) is 19.3 Å². The molecule has 98 valence electrons. The molecular formula is C13H13N3O3. The summed E-state index contributed by atoms with van der Waals surface area (Å²) in [6, 6.07) is 3.24. The van der Waals surface area contributed by atoms with Crippen LogP contribution in [-0.4, -0.2) is 26.0 Å². The first kappa shape index (κ1) is 11.7. The number of pyridine rings is 1. The minimum Gasteiger partial charge on any atom is -0.481 e. The molecule has 0 saturated heterocycles. The Morgan fingerprint density at radius 1 is 1.47 bits per heavy atom. The van der Waals surface area contributed by atoms with E-state index in [2.05, 4.69) is 15.0 Å². The van der Waals surface area contributed by atoms with E-state index in [0.717, 1.165) is 11.4 Å². The molecule has 19 heavy (non-hydrogen) atoms. The van der Waals surface area contributed by atoms with Gasteiger partial charge in [0.1, 0.15) is 5.82 Å². The number of H-pyrrole nitrogens is 2. The highest BCUT2D eigenvalue weighted by Gasteiger charge is 2.26. The lowest BCUT2D eigenvalue weighted by atomic mass is 9.90. The molecule has 6 heteroatoms. The summed E-state index contributed by atoms with van der Waals surface area (Å²) in [4.78, 5) is 32.4. The Bertz CT molecular complexity index is 686. The van der Waals surface area contributed by atoms with Crippen LogP contribution in [0.15, 0.2) is 23.1 Å². The molecule has 1 atom stereocenters. The number of rotatable bonds is 2. The third-order valence-electron chi connectivity index (χ3n) is 3.44. The molecule has 0 spiro atoms. The molecule has 1 aliphatic carbocycles. The number of aryl methyl sites for hydroxylation is 1. The molecule has 0 radical (unpaired) electrons. The molecule has 0 aliphatic heterocycles. The minimum atomic E-state index is -0.766. The summed E-state index contributed by atoms with van der Waals surface area (Å²) in [6.45, 7) is 0. The molecular weight excluding hydrogens is 246 g/mol. The van der Waals surface area contributed by atoms with Crippen molar-refractivity contribution in [2.24, 2.45) is 5.92 Å². The highest BCUT2D eigenvalue weighted by Crippen LogP contribution is 2.26. The number of nitrogens with zero attached hydrogens (tertiary/aromatic N) is 1. The average molecular weight is 259 g/mol. The van der Waals surface area contributed by atoms with Crippen LogP contribution >= 0.6 is 0 Å². The lowest BCUT2D eigenvalue weighted by Crippen LogP contribution is -2.22. The number of carboxylic acid groups (broad SMARTS) is 1. The quantitative estimate of drug-likeness (QED) is 0.747. The Hall–Kier alpha value is -2.37. The molecule has 2 aromatic rings. The molecule has 2 aromatic heterocycles. The Labute approximate surface area is 108 Å². The van der Waals surface area contributed by atoms with Crippen LogP contribution in [-0.2, 0) is 17.6 Å². The smallest absolute Gasteiger partial charge is 0.306 e. The van der Waals surface area contributed by atoms with Gasteiger partial charge in [0.25, 0.3) is 0 Å². The van der Waals surface area contributed by atoms with Crippen molar-refractivity contribution >= 4 is 5.97 Å². The van der Waals surface area contributed by atoms with E-state index in [1.54, 1.807) is 12.3 Å². The van der Waals surface area contributed by atoms with Crippen LogP contribution in [0.25, 0.3) is 11.4 Å². The monoisotopic (exact) mass is 259 g/mol. The number of imidazole rings is 1. The average Bonchev–Trinajstić information content (AvgIpc) is 2.81. The number of carbonyl (C=O) groups is 1. The Balaban J connectivity index is 1.95. The lowest BCUT2D eigenvalue weighted by molar-refractivity contribution is -0.142. The van der Waals surface area contributed by atoms with Crippen molar-refractivity contribution < 1.29 is 9.90 Å². The van der Waals surface area contributed by atoms with Crippen molar-refractivity contribution in [3.8, 4) is 11.4 Å². The largest absolute Gasteiger partial charge is 0.481 e. The van der Waals surface area contributed by atoms with Gasteiger partial charge in [-0.25, -0.2) is 4.98 Å². The first-order valence-corrected chi connectivity index (χ1v) is 6.13. The summed E-state index contributed by atoms with van der Waals surface area (Å²) in [5.74, 6) is -0.486. The Kier molecular flexibility index (Phi) is 2.70. The first-order chi connectivity index (χ1) is 9.13. The third kappa shape index (κ3) is 2.16. The van der Waals surface area contributed by atoms with Crippen molar-refractivity contribution in [2.75, 3.05) is 0 Å². The highest BCUT2D eigenvalue weighted by atomic mass is 16.4. The molecule has 6 nitrogen and oxygen atoms in total. The number of carboxylic acids is 1. The maximum Gasteiger partial charge on any atom is 0.306 e. The summed E-state index contributed by atoms with van der Waals surface area (Å²) < 4.78 is 0. The van der Waals surface area contributed by atoms with E-state index in [1.165, 1.54) is 6.07 Å². The zero-order valence-corrected chi connectivity index (χ0v) is 10.1. The van der Waals surface area contributed by atoms with Crippen LogP contribution in [0, 0.1) is 5.92 Å². The summed E-state index contributed by atoms with van der Waals surface area (Å²) in [5, 5.41) is 9.04. The van der Waals surface area contributed by atoms with E-state index in [1.807, 2.05) is 0 Å². The van der Waals surface area contributed by atoms with Gasteiger partial charge in [-0.2, -0.15) is 0 Å². The van der Waals surface area contributed by atoms with Gasteiger partial charge in [-0.3, -0.25) is 9.59 Å². The van der Waals surface area contributed by atoms with Gasteiger partial charge in [0.2, 0.25) is 5.56 Å². The van der Waals surface area contributed by atoms with Crippen LogP contribution in [0.4, 0.5) is 0 Å². The van der Waals surface area contributed by atoms with Crippen LogP contribution in [0.2, 0.25) is 0 Å². The maximum atomic E-state index is 11.3. The van der Waals surface area contributed by atoms with Crippen molar-refractivity contribution in [3.05, 3.63) is 40.1 Å². The van der Waals surface area contributed by atoms with E-state index in [9.17, 15) is 9.59 Å². The third-order valence-corrected chi connectivity index (χ3v) is 3.44. The lowest BCUT2D eigenvalue weighted by Gasteiger charge is -2.16. The second-order valence-corrected chi connectivity index (χ2v) is 4.73. The highest BCUT2D eigenvalue weighted by molar-refractivity contribution is 5.71. The van der Waals surface area contributed by atoms with Crippen LogP contribution in [0.1, 0.15) is 17.8 Å². The van der Waals surface area contributed by atoms with Crippen molar-refractivity contribution in [3.63, 3.8) is 0 Å². The molecule has 0 amide bonds. The zero-order chi connectivity index (χ0) is 13.4. The first-order valence-electron chi connectivity index (χ1n) is 6.13. The van der Waals surface area contributed by atoms with E-state index >= 15 is 0 Å². The number of hydrogen-bond donors (Lipinski definition) is 3. The van der Waals surface area contributed by atoms with E-state index < -0.39 is 5.97 Å². The molecule has 2 heterocycles. The predicted octanol–water partition coefficient (Wildman–Crippen LogP) is 0.955. The van der Waals surface area contributed by atoms with E-state index in [0.29, 0.717) is 30.7 Å². The van der Waals surface area contributed by atoms with E-state index in [-0.39, 0.29) is 11.5 Å². The van der Waals surface area contributed by atoms with Crippen LogP contribution < -0.4 is 5.56 Å². The van der Waals surface area contributed by atoms with Gasteiger partial charge in [-0.15, -0.1) is 0 Å². The summed E-state index contributed by atoms with van der Waals surface area (Å²) >= 11 is 0. The minimum absolute atomic E-state index is 0.185. The molecule has 0 fully saturated rings. The topological polar surface area (TPSA) is 98.8 Å². The summed E-state index contributed by atoms with van der Waals surface area (Å²) in [6.07, 6.45) is 3.31. The molecule has 1 unspecified atom stereocenters. The van der Waals surface area contributed by atoms with Gasteiger partial charge in [0.05, 0.1) is 11.6 Å². The molecule has 0 bridgehead atoms. The molecule has 3 N–H and O–H groups in total. The number of nitrogens with one attached hydrogen (secondary N) is 2. The summed E-state index contributed by atoms with van der Waals surface area (Å²) in [7, 11) is 0. The van der Waals surface area contributed by atoms with Gasteiger partial charge in [0.15, 0.2) is 0 Å². The maximum absolute atomic E-state index is 11.3.